The monoisotopic (exact) mass is 778 g/mol. The van der Waals surface area contributed by atoms with Crippen molar-refractivity contribution in [3.05, 3.63) is 82.2 Å². The Kier molecular flexibility index (Phi) is 18.5. The van der Waals surface area contributed by atoms with Crippen molar-refractivity contribution < 1.29 is 51.4 Å². The van der Waals surface area contributed by atoms with Crippen LogP contribution in [0, 0.1) is 5.92 Å². The van der Waals surface area contributed by atoms with E-state index in [1.807, 2.05) is 0 Å². The summed E-state index contributed by atoms with van der Waals surface area (Å²) in [7, 11) is -3.88. The maximum absolute atomic E-state index is 13.9. The molecule has 290 valence electrons. The van der Waals surface area contributed by atoms with Gasteiger partial charge in [-0.1, -0.05) is 93.0 Å². The summed E-state index contributed by atoms with van der Waals surface area (Å²) >= 11 is 6.04. The van der Waals surface area contributed by atoms with Crippen molar-refractivity contribution in [2.75, 3.05) is 19.0 Å². The van der Waals surface area contributed by atoms with Crippen molar-refractivity contribution >= 4 is 57.2 Å². The minimum atomic E-state index is -3.88. The lowest BCUT2D eigenvalue weighted by Gasteiger charge is -2.28. The lowest BCUT2D eigenvalue weighted by molar-refractivity contribution is -0.145. The van der Waals surface area contributed by atoms with E-state index in [1.54, 1.807) is 88.4 Å². The average Bonchev–Trinajstić information content (AvgIpc) is 3.12. The molecule has 4 amide bonds. The van der Waals surface area contributed by atoms with E-state index in [9.17, 15) is 37.2 Å². The number of sulfone groups is 1. The molecule has 53 heavy (non-hydrogen) atoms. The van der Waals surface area contributed by atoms with E-state index in [4.69, 9.17) is 25.8 Å². The second kappa shape index (κ2) is 22.2. The Labute approximate surface area is 314 Å². The van der Waals surface area contributed by atoms with Crippen LogP contribution in [0.2, 0.25) is 0 Å². The standard InChI is InChI=1S/C36H47ClN4O11S/c1-6-50-29(42)20-26(19-28(37)53(48,49)8-3)38-34(45)31(23(4)5)40-35(46)32(25-17-13-10-14-18-25)41-33(44)27(21-30(43)51-7-2)39-36(47)52-22-24-15-11-9-12-16-24/h9-19,23,26-27,31-32H,6-8,20-22H2,1-5H3,(H,38,45)(H,39,47)(H,40,46)(H,41,44)/b28-19+/t26-,27+,31+,32+/m1/s1. The van der Waals surface area contributed by atoms with Crippen LogP contribution in [-0.2, 0) is 54.6 Å². The van der Waals surface area contributed by atoms with Gasteiger partial charge in [0.15, 0.2) is 9.84 Å². The Morgan fingerprint density at radius 1 is 0.717 bits per heavy atom. The first-order valence-corrected chi connectivity index (χ1v) is 19.0. The first kappa shape index (κ1) is 44.2. The first-order valence-electron chi connectivity index (χ1n) is 17.0. The van der Waals surface area contributed by atoms with Gasteiger partial charge in [-0.25, -0.2) is 13.2 Å². The fourth-order valence-corrected chi connectivity index (χ4v) is 5.81. The Balaban J connectivity index is 2.36. The fourth-order valence-electron chi connectivity index (χ4n) is 4.69. The summed E-state index contributed by atoms with van der Waals surface area (Å²) in [5.74, 6) is -5.00. The molecule has 0 radical (unpaired) electrons. The molecule has 0 heterocycles. The molecule has 0 spiro atoms. The highest BCUT2D eigenvalue weighted by Gasteiger charge is 2.34. The molecule has 0 unspecified atom stereocenters. The smallest absolute Gasteiger partial charge is 0.408 e. The van der Waals surface area contributed by atoms with Crippen molar-refractivity contribution in [2.45, 2.75) is 78.2 Å². The zero-order valence-electron chi connectivity index (χ0n) is 30.3. The molecule has 0 aliphatic carbocycles. The summed E-state index contributed by atoms with van der Waals surface area (Å²) in [4.78, 5) is 78.7. The minimum Gasteiger partial charge on any atom is -0.466 e. The van der Waals surface area contributed by atoms with Gasteiger partial charge in [-0.2, -0.15) is 0 Å². The predicted octanol–water partition coefficient (Wildman–Crippen LogP) is 3.19. The number of carbonyl (C=O) groups is 6. The number of nitrogens with one attached hydrogen (secondary N) is 4. The molecule has 0 saturated carbocycles. The third kappa shape index (κ3) is 15.3. The number of halogens is 1. The molecular formula is C36H47ClN4O11S. The van der Waals surface area contributed by atoms with E-state index in [0.717, 1.165) is 6.08 Å². The van der Waals surface area contributed by atoms with Crippen LogP contribution in [0.15, 0.2) is 71.1 Å². The van der Waals surface area contributed by atoms with Crippen LogP contribution in [0.3, 0.4) is 0 Å². The van der Waals surface area contributed by atoms with E-state index in [2.05, 4.69) is 21.3 Å². The summed E-state index contributed by atoms with van der Waals surface area (Å²) in [6.45, 7) is 7.71. The normalized spacial score (nSPS) is 13.8. The van der Waals surface area contributed by atoms with Crippen molar-refractivity contribution in [2.24, 2.45) is 5.92 Å². The molecule has 0 saturated heterocycles. The molecule has 0 bridgehead atoms. The number of benzene rings is 2. The second-order valence-corrected chi connectivity index (χ2v) is 14.7. The van der Waals surface area contributed by atoms with Crippen LogP contribution >= 0.6 is 11.6 Å². The Morgan fingerprint density at radius 2 is 1.28 bits per heavy atom. The predicted molar refractivity (Wildman–Crippen MR) is 195 cm³/mol. The van der Waals surface area contributed by atoms with Crippen molar-refractivity contribution in [1.29, 1.82) is 0 Å². The average molecular weight is 779 g/mol. The molecule has 4 atom stereocenters. The van der Waals surface area contributed by atoms with Gasteiger partial charge in [0.1, 0.15) is 29.1 Å². The third-order valence-corrected chi connectivity index (χ3v) is 9.78. The fraction of sp³-hybridized carbons (Fsp3) is 0.444. The van der Waals surface area contributed by atoms with Crippen LogP contribution < -0.4 is 21.3 Å². The number of esters is 2. The highest BCUT2D eigenvalue weighted by Crippen LogP contribution is 2.18. The number of rotatable bonds is 20. The summed E-state index contributed by atoms with van der Waals surface area (Å²) < 4.78 is 39.3. The van der Waals surface area contributed by atoms with Gasteiger partial charge in [0.05, 0.1) is 37.9 Å². The van der Waals surface area contributed by atoms with Crippen LogP contribution in [-0.4, -0.2) is 81.3 Å². The Morgan fingerprint density at radius 3 is 1.83 bits per heavy atom. The molecule has 0 aliphatic heterocycles. The number of hydrogen-bond donors (Lipinski definition) is 4. The van der Waals surface area contributed by atoms with Crippen molar-refractivity contribution in [1.82, 2.24) is 21.3 Å². The molecular weight excluding hydrogens is 732 g/mol. The number of alkyl carbamates (subject to hydrolysis) is 1. The van der Waals surface area contributed by atoms with Gasteiger partial charge in [0, 0.05) is 0 Å². The van der Waals surface area contributed by atoms with Crippen LogP contribution in [0.1, 0.15) is 64.6 Å². The topological polar surface area (TPSA) is 212 Å². The van der Waals surface area contributed by atoms with Crippen molar-refractivity contribution in [3.63, 3.8) is 0 Å². The minimum absolute atomic E-state index is 0.0103. The van der Waals surface area contributed by atoms with E-state index in [-0.39, 0.29) is 25.6 Å². The molecule has 15 nitrogen and oxygen atoms in total. The number of ether oxygens (including phenoxy) is 3. The Hall–Kier alpha value is -4.96. The summed E-state index contributed by atoms with van der Waals surface area (Å²) in [6.07, 6.45) is -1.04. The van der Waals surface area contributed by atoms with Gasteiger partial charge in [-0.3, -0.25) is 24.0 Å². The van der Waals surface area contributed by atoms with Crippen LogP contribution in [0.5, 0.6) is 0 Å². The zero-order chi connectivity index (χ0) is 39.6. The van der Waals surface area contributed by atoms with E-state index < -0.39 is 92.9 Å². The molecule has 2 aromatic carbocycles. The SMILES string of the molecule is CCOC(=O)C[C@@H](/C=C(\Cl)S(=O)(=O)CC)NC(=O)[C@@H](NC(=O)[C@@H](NC(=O)[C@H](CC(=O)OCC)NC(=O)OCc1ccccc1)c1ccccc1)C(C)C. The lowest BCUT2D eigenvalue weighted by Crippen LogP contribution is -2.56. The number of amides is 4. The second-order valence-electron chi connectivity index (χ2n) is 11.8. The van der Waals surface area contributed by atoms with E-state index in [0.29, 0.717) is 11.1 Å². The molecule has 0 aliphatic rings. The van der Waals surface area contributed by atoms with E-state index in [1.165, 1.54) is 6.92 Å². The lowest BCUT2D eigenvalue weighted by atomic mass is 10.00. The molecule has 4 N–H and O–H groups in total. The van der Waals surface area contributed by atoms with Gasteiger partial charge < -0.3 is 35.5 Å². The maximum Gasteiger partial charge on any atom is 0.408 e. The van der Waals surface area contributed by atoms with Crippen LogP contribution in [0.25, 0.3) is 0 Å². The zero-order valence-corrected chi connectivity index (χ0v) is 31.8. The van der Waals surface area contributed by atoms with Gasteiger partial charge >= 0.3 is 18.0 Å². The highest BCUT2D eigenvalue weighted by atomic mass is 35.5. The molecule has 0 aromatic heterocycles. The molecule has 17 heteroatoms. The van der Waals surface area contributed by atoms with Gasteiger partial charge in [-0.05, 0) is 37.0 Å². The number of hydrogen-bond acceptors (Lipinski definition) is 11. The summed E-state index contributed by atoms with van der Waals surface area (Å²) in [5, 5.41) is 10.1. The van der Waals surface area contributed by atoms with Gasteiger partial charge in [0.2, 0.25) is 17.7 Å². The van der Waals surface area contributed by atoms with Crippen molar-refractivity contribution in [3.8, 4) is 0 Å². The largest absolute Gasteiger partial charge is 0.466 e. The summed E-state index contributed by atoms with van der Waals surface area (Å²) in [5.41, 5.74) is 0.971. The quantitative estimate of drug-likeness (QED) is 0.113. The molecule has 2 aromatic rings. The van der Waals surface area contributed by atoms with Crippen LogP contribution in [0.4, 0.5) is 4.79 Å². The molecule has 0 fully saturated rings. The van der Waals surface area contributed by atoms with Gasteiger partial charge in [0.25, 0.3) is 0 Å². The Bertz CT molecular complexity index is 1690. The first-order chi connectivity index (χ1) is 25.1. The van der Waals surface area contributed by atoms with E-state index >= 15 is 0 Å². The third-order valence-electron chi connectivity index (χ3n) is 7.45. The number of carbonyl (C=O) groups excluding carboxylic acids is 6. The summed E-state index contributed by atoms with van der Waals surface area (Å²) in [6, 6.07) is 11.3. The molecule has 2 rings (SSSR count). The maximum atomic E-state index is 13.9. The highest BCUT2D eigenvalue weighted by molar-refractivity contribution is 7.96. The van der Waals surface area contributed by atoms with Gasteiger partial charge in [-0.15, -0.1) is 0 Å².